The van der Waals surface area contributed by atoms with Crippen LogP contribution in [0.25, 0.3) is 10.9 Å². The van der Waals surface area contributed by atoms with Crippen LogP contribution in [0.4, 0.5) is 0 Å². The van der Waals surface area contributed by atoms with Gasteiger partial charge in [-0.2, -0.15) is 0 Å². The Hall–Kier alpha value is -1.32. The average Bonchev–Trinajstić information content (AvgIpc) is 2.75. The second-order valence-electron chi connectivity index (χ2n) is 5.71. The van der Waals surface area contributed by atoms with Crippen LogP contribution in [-0.4, -0.2) is 23.6 Å². The van der Waals surface area contributed by atoms with Gasteiger partial charge in [-0.15, -0.1) is 0 Å². The van der Waals surface area contributed by atoms with Crippen LogP contribution in [0.2, 0.25) is 0 Å². The van der Waals surface area contributed by atoms with Crippen LogP contribution in [0.15, 0.2) is 30.5 Å². The molecular weight excluding hydrogens is 222 g/mol. The molecule has 0 bridgehead atoms. The first-order valence-electron chi connectivity index (χ1n) is 6.57. The summed E-state index contributed by atoms with van der Waals surface area (Å²) in [7, 11) is 0. The van der Waals surface area contributed by atoms with Crippen LogP contribution >= 0.6 is 0 Å². The molecule has 0 radical (unpaired) electrons. The van der Waals surface area contributed by atoms with E-state index in [9.17, 15) is 0 Å². The van der Waals surface area contributed by atoms with E-state index in [4.69, 9.17) is 0 Å². The van der Waals surface area contributed by atoms with E-state index in [2.05, 4.69) is 60.7 Å². The lowest BCUT2D eigenvalue weighted by Crippen LogP contribution is -2.40. The predicted octanol–water partition coefficient (Wildman–Crippen LogP) is 2.65. The van der Waals surface area contributed by atoms with Crippen molar-refractivity contribution in [3.05, 3.63) is 36.0 Å². The molecule has 0 saturated carbocycles. The average molecular weight is 245 g/mol. The second-order valence-corrected chi connectivity index (χ2v) is 5.71. The summed E-state index contributed by atoms with van der Waals surface area (Å²) in [5.41, 5.74) is 2.77. The molecule has 1 aromatic heterocycles. The third-order valence-corrected chi connectivity index (χ3v) is 2.95. The van der Waals surface area contributed by atoms with Crippen molar-refractivity contribution in [2.75, 3.05) is 13.1 Å². The Morgan fingerprint density at radius 1 is 1.11 bits per heavy atom. The summed E-state index contributed by atoms with van der Waals surface area (Å²) >= 11 is 0. The number of aromatic nitrogens is 1. The molecule has 1 aromatic carbocycles. The number of hydrogen-bond donors (Lipinski definition) is 3. The number of para-hydroxylation sites is 1. The minimum absolute atomic E-state index is 0.196. The van der Waals surface area contributed by atoms with Crippen LogP contribution < -0.4 is 10.6 Å². The van der Waals surface area contributed by atoms with Gasteiger partial charge in [-0.05, 0) is 37.8 Å². The zero-order valence-corrected chi connectivity index (χ0v) is 11.5. The molecule has 0 fully saturated rings. The number of benzene rings is 1. The zero-order chi connectivity index (χ0) is 13.0. The summed E-state index contributed by atoms with van der Waals surface area (Å²) in [6.45, 7) is 9.44. The first-order chi connectivity index (χ1) is 8.56. The van der Waals surface area contributed by atoms with Crippen molar-refractivity contribution in [1.29, 1.82) is 0 Å². The number of fused-ring (bicyclic) bond motifs is 1. The van der Waals surface area contributed by atoms with Gasteiger partial charge < -0.3 is 15.6 Å². The molecule has 0 saturated heterocycles. The van der Waals surface area contributed by atoms with Gasteiger partial charge in [0.05, 0.1) is 0 Å². The molecule has 2 aromatic rings. The maximum atomic E-state index is 3.47. The molecule has 18 heavy (non-hydrogen) atoms. The lowest BCUT2D eigenvalue weighted by atomic mass is 10.1. The van der Waals surface area contributed by atoms with E-state index >= 15 is 0 Å². The highest BCUT2D eigenvalue weighted by atomic mass is 15.0. The predicted molar refractivity (Wildman–Crippen MR) is 77.8 cm³/mol. The molecule has 0 unspecified atom stereocenters. The molecule has 98 valence electrons. The van der Waals surface area contributed by atoms with Gasteiger partial charge >= 0.3 is 0 Å². The van der Waals surface area contributed by atoms with E-state index in [1.165, 1.54) is 16.5 Å². The largest absolute Gasteiger partial charge is 0.361 e. The van der Waals surface area contributed by atoms with Gasteiger partial charge in [0.15, 0.2) is 0 Å². The molecule has 3 N–H and O–H groups in total. The SMILES string of the molecule is CC(C)(C)NCCNCc1cccc2cc[nH]c12. The highest BCUT2D eigenvalue weighted by molar-refractivity contribution is 5.82. The molecule has 0 atom stereocenters. The lowest BCUT2D eigenvalue weighted by molar-refractivity contribution is 0.421. The van der Waals surface area contributed by atoms with E-state index in [1.807, 2.05) is 6.20 Å². The van der Waals surface area contributed by atoms with Crippen molar-refractivity contribution < 1.29 is 0 Å². The molecule has 0 aliphatic heterocycles. The Bertz CT molecular complexity index is 494. The monoisotopic (exact) mass is 245 g/mol. The molecule has 0 amide bonds. The Labute approximate surface area is 109 Å². The summed E-state index contributed by atoms with van der Waals surface area (Å²) in [5, 5.41) is 8.22. The van der Waals surface area contributed by atoms with E-state index in [-0.39, 0.29) is 5.54 Å². The molecular formula is C15H23N3. The normalized spacial score (nSPS) is 12.2. The topological polar surface area (TPSA) is 39.8 Å². The van der Waals surface area contributed by atoms with Crippen LogP contribution in [0.1, 0.15) is 26.3 Å². The summed E-state index contributed by atoms with van der Waals surface area (Å²) in [6.07, 6.45) is 2.00. The van der Waals surface area contributed by atoms with Gasteiger partial charge in [0.2, 0.25) is 0 Å². The number of nitrogens with one attached hydrogen (secondary N) is 3. The van der Waals surface area contributed by atoms with Crippen molar-refractivity contribution >= 4 is 10.9 Å². The van der Waals surface area contributed by atoms with Gasteiger partial charge in [-0.1, -0.05) is 18.2 Å². The molecule has 0 spiro atoms. The minimum atomic E-state index is 0.196. The highest BCUT2D eigenvalue weighted by Gasteiger charge is 2.07. The van der Waals surface area contributed by atoms with Crippen molar-refractivity contribution in [3.8, 4) is 0 Å². The molecule has 2 rings (SSSR count). The van der Waals surface area contributed by atoms with Gasteiger partial charge in [-0.3, -0.25) is 0 Å². The third-order valence-electron chi connectivity index (χ3n) is 2.95. The van der Waals surface area contributed by atoms with E-state index in [1.54, 1.807) is 0 Å². The first-order valence-corrected chi connectivity index (χ1v) is 6.57. The number of H-pyrrole nitrogens is 1. The van der Waals surface area contributed by atoms with Crippen molar-refractivity contribution in [3.63, 3.8) is 0 Å². The molecule has 0 aliphatic carbocycles. The van der Waals surface area contributed by atoms with Crippen LogP contribution in [0.5, 0.6) is 0 Å². The molecule has 3 nitrogen and oxygen atoms in total. The van der Waals surface area contributed by atoms with Crippen molar-refractivity contribution in [2.45, 2.75) is 32.9 Å². The first kappa shape index (κ1) is 13.1. The van der Waals surface area contributed by atoms with Gasteiger partial charge in [0, 0.05) is 36.9 Å². The smallest absolute Gasteiger partial charge is 0.0499 e. The Morgan fingerprint density at radius 3 is 2.72 bits per heavy atom. The second kappa shape index (κ2) is 5.55. The number of aromatic amines is 1. The summed E-state index contributed by atoms with van der Waals surface area (Å²) < 4.78 is 0. The van der Waals surface area contributed by atoms with Crippen LogP contribution in [0.3, 0.4) is 0 Å². The number of hydrogen-bond acceptors (Lipinski definition) is 2. The Kier molecular flexibility index (Phi) is 4.04. The fourth-order valence-electron chi connectivity index (χ4n) is 2.05. The highest BCUT2D eigenvalue weighted by Crippen LogP contribution is 2.16. The van der Waals surface area contributed by atoms with Crippen LogP contribution in [-0.2, 0) is 6.54 Å². The van der Waals surface area contributed by atoms with E-state index in [0.29, 0.717) is 0 Å². The Balaban J connectivity index is 1.82. The number of rotatable bonds is 5. The van der Waals surface area contributed by atoms with Gasteiger partial charge in [0.25, 0.3) is 0 Å². The van der Waals surface area contributed by atoms with E-state index in [0.717, 1.165) is 19.6 Å². The third kappa shape index (κ3) is 3.59. The minimum Gasteiger partial charge on any atom is -0.361 e. The van der Waals surface area contributed by atoms with Gasteiger partial charge in [-0.25, -0.2) is 0 Å². The van der Waals surface area contributed by atoms with Crippen molar-refractivity contribution in [2.24, 2.45) is 0 Å². The molecule has 0 aliphatic rings. The quantitative estimate of drug-likeness (QED) is 0.709. The maximum Gasteiger partial charge on any atom is 0.0499 e. The summed E-state index contributed by atoms with van der Waals surface area (Å²) in [5.74, 6) is 0. The Morgan fingerprint density at radius 2 is 1.94 bits per heavy atom. The fourth-order valence-corrected chi connectivity index (χ4v) is 2.05. The van der Waals surface area contributed by atoms with E-state index < -0.39 is 0 Å². The summed E-state index contributed by atoms with van der Waals surface area (Å²) in [6, 6.07) is 8.53. The fraction of sp³-hybridized carbons (Fsp3) is 0.467. The summed E-state index contributed by atoms with van der Waals surface area (Å²) in [4.78, 5) is 3.30. The molecule has 1 heterocycles. The lowest BCUT2D eigenvalue weighted by Gasteiger charge is -2.20. The van der Waals surface area contributed by atoms with Gasteiger partial charge in [0.1, 0.15) is 0 Å². The maximum absolute atomic E-state index is 3.47. The molecule has 3 heteroatoms. The zero-order valence-electron chi connectivity index (χ0n) is 11.5. The van der Waals surface area contributed by atoms with Crippen LogP contribution in [0, 0.1) is 0 Å². The van der Waals surface area contributed by atoms with Crippen molar-refractivity contribution in [1.82, 2.24) is 15.6 Å². The standard InChI is InChI=1S/C15H23N3/c1-15(2,3)18-10-9-16-11-13-6-4-5-12-7-8-17-14(12)13/h4-8,16-18H,9-11H2,1-3H3.